The van der Waals surface area contributed by atoms with Gasteiger partial charge in [0.25, 0.3) is 0 Å². The Morgan fingerprint density at radius 2 is 2.04 bits per heavy atom. The van der Waals surface area contributed by atoms with Crippen LogP contribution in [-0.4, -0.2) is 16.1 Å². The number of aryl methyl sites for hydroxylation is 1. The summed E-state index contributed by atoms with van der Waals surface area (Å²) in [4.78, 5) is 4.43. The van der Waals surface area contributed by atoms with E-state index in [-0.39, 0.29) is 6.04 Å². The molecule has 6 heteroatoms. The Kier molecular flexibility index (Phi) is 4.43. The third-order valence-corrected chi connectivity index (χ3v) is 4.47. The number of alkyl halides is 3. The minimum absolute atomic E-state index is 0.00243. The SMILES string of the molecule is C[C@H](NC[C@H]1CCCn2ccnc21)c1ccc(C(F)(F)F)cc1. The molecule has 0 bridgehead atoms. The van der Waals surface area contributed by atoms with Gasteiger partial charge < -0.3 is 9.88 Å². The van der Waals surface area contributed by atoms with E-state index in [0.717, 1.165) is 49.5 Å². The topological polar surface area (TPSA) is 29.9 Å². The van der Waals surface area contributed by atoms with Crippen molar-refractivity contribution in [1.82, 2.24) is 14.9 Å². The lowest BCUT2D eigenvalue weighted by atomic mass is 9.98. The molecule has 0 radical (unpaired) electrons. The molecule has 0 spiro atoms. The molecule has 2 heterocycles. The van der Waals surface area contributed by atoms with Crippen LogP contribution in [0.4, 0.5) is 13.2 Å². The Morgan fingerprint density at radius 3 is 2.74 bits per heavy atom. The number of nitrogens with one attached hydrogen (secondary N) is 1. The zero-order valence-electron chi connectivity index (χ0n) is 13.0. The highest BCUT2D eigenvalue weighted by Gasteiger charge is 2.30. The molecule has 124 valence electrons. The number of aromatic nitrogens is 2. The summed E-state index contributed by atoms with van der Waals surface area (Å²) in [5.41, 5.74) is 0.250. The van der Waals surface area contributed by atoms with Crippen LogP contribution in [0.2, 0.25) is 0 Å². The first-order valence-corrected chi connectivity index (χ1v) is 7.86. The van der Waals surface area contributed by atoms with E-state index in [1.165, 1.54) is 0 Å². The van der Waals surface area contributed by atoms with Crippen molar-refractivity contribution in [1.29, 1.82) is 0 Å². The van der Waals surface area contributed by atoms with Crippen LogP contribution in [0.15, 0.2) is 36.7 Å². The van der Waals surface area contributed by atoms with Crippen LogP contribution in [0.3, 0.4) is 0 Å². The second-order valence-electron chi connectivity index (χ2n) is 6.07. The summed E-state index contributed by atoms with van der Waals surface area (Å²) in [6.45, 7) is 3.76. The highest BCUT2D eigenvalue weighted by Crippen LogP contribution is 2.30. The van der Waals surface area contributed by atoms with Gasteiger partial charge in [0, 0.05) is 37.4 Å². The minimum Gasteiger partial charge on any atom is -0.335 e. The van der Waals surface area contributed by atoms with E-state index < -0.39 is 11.7 Å². The van der Waals surface area contributed by atoms with E-state index >= 15 is 0 Å². The van der Waals surface area contributed by atoms with Crippen LogP contribution in [0, 0.1) is 0 Å². The van der Waals surface area contributed by atoms with E-state index in [1.54, 1.807) is 12.1 Å². The van der Waals surface area contributed by atoms with E-state index in [2.05, 4.69) is 14.9 Å². The molecule has 23 heavy (non-hydrogen) atoms. The lowest BCUT2D eigenvalue weighted by molar-refractivity contribution is -0.137. The zero-order chi connectivity index (χ0) is 16.4. The van der Waals surface area contributed by atoms with Gasteiger partial charge in [-0.05, 0) is 37.5 Å². The summed E-state index contributed by atoms with van der Waals surface area (Å²) in [6.07, 6.45) is 1.76. The van der Waals surface area contributed by atoms with Crippen LogP contribution in [0.5, 0.6) is 0 Å². The first-order valence-electron chi connectivity index (χ1n) is 7.86. The highest BCUT2D eigenvalue weighted by atomic mass is 19.4. The molecular weight excluding hydrogens is 303 g/mol. The van der Waals surface area contributed by atoms with Crippen molar-refractivity contribution in [2.24, 2.45) is 0 Å². The maximum atomic E-state index is 12.6. The Labute approximate surface area is 133 Å². The standard InChI is InChI=1S/C17H20F3N3/c1-12(13-4-6-15(7-5-13)17(18,19)20)22-11-14-3-2-9-23-10-8-21-16(14)23/h4-8,10,12,14,22H,2-3,9,11H2,1H3/t12-,14+/m0/s1. The fraction of sp³-hybridized carbons (Fsp3) is 0.471. The van der Waals surface area contributed by atoms with Gasteiger partial charge in [-0.1, -0.05) is 12.1 Å². The molecular formula is C17H20F3N3. The average molecular weight is 323 g/mol. The summed E-state index contributed by atoms with van der Waals surface area (Å²) in [6, 6.07) is 5.37. The molecule has 3 nitrogen and oxygen atoms in total. The number of imidazole rings is 1. The van der Waals surface area contributed by atoms with Crippen molar-refractivity contribution in [3.05, 3.63) is 53.6 Å². The predicted octanol–water partition coefficient (Wildman–Crippen LogP) is 4.13. The largest absolute Gasteiger partial charge is 0.416 e. The normalized spacial score (nSPS) is 19.4. The molecule has 1 aromatic carbocycles. The Hall–Kier alpha value is -1.82. The van der Waals surface area contributed by atoms with Gasteiger partial charge in [0.1, 0.15) is 5.82 Å². The number of hydrogen-bond donors (Lipinski definition) is 1. The third kappa shape index (κ3) is 3.58. The van der Waals surface area contributed by atoms with Gasteiger partial charge in [-0.25, -0.2) is 4.98 Å². The molecule has 2 aromatic rings. The number of hydrogen-bond acceptors (Lipinski definition) is 2. The lowest BCUT2D eigenvalue weighted by Gasteiger charge is -2.25. The summed E-state index contributed by atoms with van der Waals surface area (Å²) < 4.78 is 40.0. The van der Waals surface area contributed by atoms with E-state index in [4.69, 9.17) is 0 Å². The Morgan fingerprint density at radius 1 is 1.30 bits per heavy atom. The Balaban J connectivity index is 1.61. The van der Waals surface area contributed by atoms with Gasteiger partial charge in [0.2, 0.25) is 0 Å². The third-order valence-electron chi connectivity index (χ3n) is 4.47. The number of fused-ring (bicyclic) bond motifs is 1. The monoisotopic (exact) mass is 323 g/mol. The Bertz CT molecular complexity index is 646. The molecule has 0 amide bonds. The highest BCUT2D eigenvalue weighted by molar-refractivity contribution is 5.26. The smallest absolute Gasteiger partial charge is 0.335 e. The molecule has 0 aliphatic carbocycles. The van der Waals surface area contributed by atoms with Gasteiger partial charge in [-0.15, -0.1) is 0 Å². The quantitative estimate of drug-likeness (QED) is 0.917. The molecule has 0 saturated heterocycles. The van der Waals surface area contributed by atoms with Gasteiger partial charge >= 0.3 is 6.18 Å². The zero-order valence-corrected chi connectivity index (χ0v) is 13.0. The van der Waals surface area contributed by atoms with Crippen LogP contribution in [0.25, 0.3) is 0 Å². The van der Waals surface area contributed by atoms with E-state index in [1.807, 2.05) is 19.3 Å². The van der Waals surface area contributed by atoms with Crippen LogP contribution in [0.1, 0.15) is 48.7 Å². The number of halogens is 3. The number of nitrogens with zero attached hydrogens (tertiary/aromatic N) is 2. The molecule has 1 N–H and O–H groups in total. The molecule has 1 aromatic heterocycles. The summed E-state index contributed by atoms with van der Waals surface area (Å²) in [5.74, 6) is 1.46. The molecule has 0 unspecified atom stereocenters. The molecule has 1 aliphatic rings. The van der Waals surface area contributed by atoms with Crippen molar-refractivity contribution < 1.29 is 13.2 Å². The summed E-state index contributed by atoms with van der Waals surface area (Å²) in [5, 5.41) is 3.42. The first kappa shape index (κ1) is 16.1. The second-order valence-corrected chi connectivity index (χ2v) is 6.07. The molecule has 3 rings (SSSR count). The van der Waals surface area contributed by atoms with Crippen molar-refractivity contribution in [3.8, 4) is 0 Å². The van der Waals surface area contributed by atoms with Crippen molar-refractivity contribution >= 4 is 0 Å². The molecule has 0 fully saturated rings. The molecule has 0 saturated carbocycles. The van der Waals surface area contributed by atoms with Gasteiger partial charge in [0.15, 0.2) is 0 Å². The number of rotatable bonds is 4. The van der Waals surface area contributed by atoms with E-state index in [9.17, 15) is 13.2 Å². The maximum Gasteiger partial charge on any atom is 0.416 e. The van der Waals surface area contributed by atoms with Crippen molar-refractivity contribution in [2.45, 2.75) is 44.4 Å². The summed E-state index contributed by atoms with van der Waals surface area (Å²) >= 11 is 0. The van der Waals surface area contributed by atoms with Crippen molar-refractivity contribution in [2.75, 3.05) is 6.54 Å². The van der Waals surface area contributed by atoms with Gasteiger partial charge in [0.05, 0.1) is 5.56 Å². The molecule has 2 atom stereocenters. The molecule has 1 aliphatic heterocycles. The lowest BCUT2D eigenvalue weighted by Crippen LogP contribution is -2.28. The number of benzene rings is 1. The predicted molar refractivity (Wildman–Crippen MR) is 82.1 cm³/mol. The van der Waals surface area contributed by atoms with Gasteiger partial charge in [-0.2, -0.15) is 13.2 Å². The van der Waals surface area contributed by atoms with Gasteiger partial charge in [-0.3, -0.25) is 0 Å². The van der Waals surface area contributed by atoms with Crippen LogP contribution < -0.4 is 5.32 Å². The van der Waals surface area contributed by atoms with E-state index in [0.29, 0.717) is 5.92 Å². The van der Waals surface area contributed by atoms with Crippen LogP contribution in [-0.2, 0) is 12.7 Å². The fourth-order valence-corrected chi connectivity index (χ4v) is 3.10. The second kappa shape index (κ2) is 6.35. The fourth-order valence-electron chi connectivity index (χ4n) is 3.10. The van der Waals surface area contributed by atoms with Crippen LogP contribution >= 0.6 is 0 Å². The minimum atomic E-state index is -4.28. The van der Waals surface area contributed by atoms with Crippen molar-refractivity contribution in [3.63, 3.8) is 0 Å². The summed E-state index contributed by atoms with van der Waals surface area (Å²) in [7, 11) is 0. The first-order chi connectivity index (χ1) is 10.9. The maximum absolute atomic E-state index is 12.6. The average Bonchev–Trinajstić information content (AvgIpc) is 3.01.